The number of carbonyl (C=O) groups is 1. The van der Waals surface area contributed by atoms with Gasteiger partial charge < -0.3 is 10.6 Å². The Hall–Kier alpha value is -1.00. The number of hydrogen-bond donors (Lipinski definition) is 2. The molecule has 0 radical (unpaired) electrons. The number of rotatable bonds is 6. The van der Waals surface area contributed by atoms with Gasteiger partial charge in [-0.1, -0.05) is 29.8 Å². The summed E-state index contributed by atoms with van der Waals surface area (Å²) in [5.41, 5.74) is 2.55. The highest BCUT2D eigenvalue weighted by Crippen LogP contribution is 2.12. The number of aryl methyl sites for hydroxylation is 1. The van der Waals surface area contributed by atoms with Gasteiger partial charge in [-0.25, -0.2) is 0 Å². The molecule has 1 aliphatic rings. The first kappa shape index (κ1) is 13.4. The van der Waals surface area contributed by atoms with Gasteiger partial charge in [0.15, 0.2) is 0 Å². The molecular formula is C14H20N2OS. The van der Waals surface area contributed by atoms with Crippen molar-refractivity contribution in [3.63, 3.8) is 0 Å². The Morgan fingerprint density at radius 3 is 2.72 bits per heavy atom. The highest BCUT2D eigenvalue weighted by molar-refractivity contribution is 7.99. The molecule has 1 heterocycles. The predicted octanol–water partition coefficient (Wildman–Crippen LogP) is 1.56. The topological polar surface area (TPSA) is 41.1 Å². The molecule has 0 bridgehead atoms. The predicted molar refractivity (Wildman–Crippen MR) is 76.7 cm³/mol. The third kappa shape index (κ3) is 4.35. The number of hydrogen-bond acceptors (Lipinski definition) is 3. The van der Waals surface area contributed by atoms with E-state index >= 15 is 0 Å². The molecule has 3 nitrogen and oxygen atoms in total. The number of thioether (sulfide) groups is 1. The maximum Gasteiger partial charge on any atom is 0.230 e. The molecule has 0 atom stereocenters. The van der Waals surface area contributed by atoms with Crippen LogP contribution in [0.2, 0.25) is 0 Å². The van der Waals surface area contributed by atoms with Crippen molar-refractivity contribution in [2.24, 2.45) is 5.92 Å². The summed E-state index contributed by atoms with van der Waals surface area (Å²) in [7, 11) is 0. The zero-order valence-corrected chi connectivity index (χ0v) is 11.6. The fourth-order valence-electron chi connectivity index (χ4n) is 1.75. The van der Waals surface area contributed by atoms with E-state index in [1.165, 1.54) is 11.1 Å². The van der Waals surface area contributed by atoms with Crippen LogP contribution in [0.15, 0.2) is 24.3 Å². The molecule has 0 spiro atoms. The molecule has 0 aliphatic carbocycles. The van der Waals surface area contributed by atoms with Crippen LogP contribution in [0, 0.1) is 12.8 Å². The number of carbonyl (C=O) groups excluding carboxylic acids is 1. The van der Waals surface area contributed by atoms with Gasteiger partial charge in [-0.15, -0.1) is 11.8 Å². The smallest absolute Gasteiger partial charge is 0.230 e. The fourth-order valence-corrected chi connectivity index (χ4v) is 2.57. The molecular weight excluding hydrogens is 244 g/mol. The van der Waals surface area contributed by atoms with E-state index in [0.717, 1.165) is 25.4 Å². The van der Waals surface area contributed by atoms with E-state index in [-0.39, 0.29) is 5.91 Å². The van der Waals surface area contributed by atoms with E-state index < -0.39 is 0 Å². The standard InChI is InChI=1S/C14H20N2OS/c1-11-2-4-12(5-3-11)9-18-10-14(17)16-8-13-6-15-7-13/h2-5,13,15H,6-10H2,1H3,(H,16,17). The van der Waals surface area contributed by atoms with Gasteiger partial charge in [-0.2, -0.15) is 0 Å². The molecule has 1 aliphatic heterocycles. The van der Waals surface area contributed by atoms with Crippen molar-refractivity contribution in [1.82, 2.24) is 10.6 Å². The Morgan fingerprint density at radius 2 is 2.11 bits per heavy atom. The molecule has 98 valence electrons. The lowest BCUT2D eigenvalue weighted by Gasteiger charge is -2.27. The lowest BCUT2D eigenvalue weighted by atomic mass is 10.0. The highest BCUT2D eigenvalue weighted by atomic mass is 32.2. The summed E-state index contributed by atoms with van der Waals surface area (Å²) in [6, 6.07) is 8.47. The largest absolute Gasteiger partial charge is 0.355 e. The zero-order valence-electron chi connectivity index (χ0n) is 10.7. The van der Waals surface area contributed by atoms with Crippen LogP contribution in [0.4, 0.5) is 0 Å². The third-order valence-electron chi connectivity index (χ3n) is 3.08. The Bertz CT molecular complexity index is 387. The molecule has 1 saturated heterocycles. The van der Waals surface area contributed by atoms with Crippen LogP contribution in [-0.2, 0) is 10.5 Å². The average molecular weight is 264 g/mol. The quantitative estimate of drug-likeness (QED) is 0.819. The summed E-state index contributed by atoms with van der Waals surface area (Å²) in [5, 5.41) is 6.18. The molecule has 0 unspecified atom stereocenters. The molecule has 2 rings (SSSR count). The van der Waals surface area contributed by atoms with Gasteiger partial charge in [-0.05, 0) is 12.5 Å². The van der Waals surface area contributed by atoms with Gasteiger partial charge in [0.25, 0.3) is 0 Å². The SMILES string of the molecule is Cc1ccc(CSCC(=O)NCC2CNC2)cc1. The zero-order chi connectivity index (χ0) is 12.8. The highest BCUT2D eigenvalue weighted by Gasteiger charge is 2.16. The molecule has 1 aromatic rings. The monoisotopic (exact) mass is 264 g/mol. The van der Waals surface area contributed by atoms with Crippen LogP contribution >= 0.6 is 11.8 Å². The average Bonchev–Trinajstić information content (AvgIpc) is 2.30. The Balaban J connectivity index is 1.59. The summed E-state index contributed by atoms with van der Waals surface area (Å²) in [5.74, 6) is 2.24. The van der Waals surface area contributed by atoms with E-state index in [1.54, 1.807) is 11.8 Å². The van der Waals surface area contributed by atoms with Crippen molar-refractivity contribution >= 4 is 17.7 Å². The van der Waals surface area contributed by atoms with Crippen molar-refractivity contribution in [2.75, 3.05) is 25.4 Å². The Kier molecular flexibility index (Phi) is 5.08. The second-order valence-corrected chi connectivity index (χ2v) is 5.79. The van der Waals surface area contributed by atoms with Gasteiger partial charge in [0, 0.05) is 31.3 Å². The van der Waals surface area contributed by atoms with Crippen LogP contribution in [0.25, 0.3) is 0 Å². The lowest BCUT2D eigenvalue weighted by Crippen LogP contribution is -2.48. The number of benzene rings is 1. The van der Waals surface area contributed by atoms with E-state index in [9.17, 15) is 4.79 Å². The van der Waals surface area contributed by atoms with Gasteiger partial charge in [-0.3, -0.25) is 4.79 Å². The molecule has 0 saturated carbocycles. The third-order valence-corrected chi connectivity index (χ3v) is 4.08. The van der Waals surface area contributed by atoms with Crippen molar-refractivity contribution in [3.05, 3.63) is 35.4 Å². The molecule has 4 heteroatoms. The van der Waals surface area contributed by atoms with Crippen LogP contribution in [-0.4, -0.2) is 31.3 Å². The Morgan fingerprint density at radius 1 is 1.39 bits per heavy atom. The van der Waals surface area contributed by atoms with Gasteiger partial charge in [0.1, 0.15) is 0 Å². The molecule has 2 N–H and O–H groups in total. The fraction of sp³-hybridized carbons (Fsp3) is 0.500. The molecule has 1 fully saturated rings. The molecule has 1 amide bonds. The van der Waals surface area contributed by atoms with E-state index in [2.05, 4.69) is 41.8 Å². The van der Waals surface area contributed by atoms with Crippen LogP contribution in [0.5, 0.6) is 0 Å². The maximum absolute atomic E-state index is 11.6. The second-order valence-electron chi connectivity index (χ2n) is 4.81. The summed E-state index contributed by atoms with van der Waals surface area (Å²) in [6.07, 6.45) is 0. The molecule has 18 heavy (non-hydrogen) atoms. The van der Waals surface area contributed by atoms with Gasteiger partial charge >= 0.3 is 0 Å². The number of nitrogens with one attached hydrogen (secondary N) is 2. The minimum atomic E-state index is 0.152. The first-order valence-corrected chi connectivity index (χ1v) is 7.50. The summed E-state index contributed by atoms with van der Waals surface area (Å²) >= 11 is 1.67. The van der Waals surface area contributed by atoms with Crippen LogP contribution in [0.3, 0.4) is 0 Å². The van der Waals surface area contributed by atoms with Crippen LogP contribution in [0.1, 0.15) is 11.1 Å². The summed E-state index contributed by atoms with van der Waals surface area (Å²) in [6.45, 7) is 4.98. The summed E-state index contributed by atoms with van der Waals surface area (Å²) < 4.78 is 0. The van der Waals surface area contributed by atoms with Crippen molar-refractivity contribution < 1.29 is 4.79 Å². The van der Waals surface area contributed by atoms with Gasteiger partial charge in [0.2, 0.25) is 5.91 Å². The maximum atomic E-state index is 11.6. The number of amides is 1. The van der Waals surface area contributed by atoms with Crippen molar-refractivity contribution in [1.29, 1.82) is 0 Å². The van der Waals surface area contributed by atoms with E-state index in [0.29, 0.717) is 11.7 Å². The summed E-state index contributed by atoms with van der Waals surface area (Å²) in [4.78, 5) is 11.6. The van der Waals surface area contributed by atoms with Crippen LogP contribution < -0.4 is 10.6 Å². The molecule has 1 aromatic carbocycles. The first-order chi connectivity index (χ1) is 8.74. The normalized spacial score (nSPS) is 15.2. The van der Waals surface area contributed by atoms with Gasteiger partial charge in [0.05, 0.1) is 5.75 Å². The minimum Gasteiger partial charge on any atom is -0.355 e. The minimum absolute atomic E-state index is 0.152. The van der Waals surface area contributed by atoms with Crippen molar-refractivity contribution in [3.8, 4) is 0 Å². The Labute approximate surface area is 113 Å². The van der Waals surface area contributed by atoms with Crippen molar-refractivity contribution in [2.45, 2.75) is 12.7 Å². The first-order valence-electron chi connectivity index (χ1n) is 6.35. The lowest BCUT2D eigenvalue weighted by molar-refractivity contribution is -0.118. The van der Waals surface area contributed by atoms with E-state index in [4.69, 9.17) is 0 Å². The molecule has 0 aromatic heterocycles. The van der Waals surface area contributed by atoms with E-state index in [1.807, 2.05) is 0 Å². The second kappa shape index (κ2) is 6.81.